The maximum atomic E-state index is 6.42. The lowest BCUT2D eigenvalue weighted by Gasteiger charge is -2.32. The van der Waals surface area contributed by atoms with Crippen LogP contribution in [0.4, 0.5) is 0 Å². The summed E-state index contributed by atoms with van der Waals surface area (Å²) in [6.45, 7) is 8.37. The first-order chi connectivity index (χ1) is 20.8. The quantitative estimate of drug-likeness (QED) is 0.204. The van der Waals surface area contributed by atoms with Crippen molar-refractivity contribution in [3.63, 3.8) is 0 Å². The molecule has 5 nitrogen and oxygen atoms in total. The number of fused-ring (bicyclic) bond motifs is 4. The summed E-state index contributed by atoms with van der Waals surface area (Å²) in [7, 11) is -0.422. The highest BCUT2D eigenvalue weighted by atomic mass is 16.7. The molecular formula is C37H32BN3O2. The molecule has 2 aromatic heterocycles. The van der Waals surface area contributed by atoms with Gasteiger partial charge in [0.05, 0.1) is 33.3 Å². The van der Waals surface area contributed by atoms with Gasteiger partial charge in [0, 0.05) is 27.7 Å². The second-order valence-electron chi connectivity index (χ2n) is 12.4. The first-order valence-electron chi connectivity index (χ1n) is 14.8. The minimum Gasteiger partial charge on any atom is -0.399 e. The molecule has 0 radical (unpaired) electrons. The van der Waals surface area contributed by atoms with E-state index >= 15 is 0 Å². The van der Waals surface area contributed by atoms with Crippen LogP contribution in [0.2, 0.25) is 0 Å². The average Bonchev–Trinajstić information content (AvgIpc) is 3.64. The molecule has 6 heteroatoms. The Bertz CT molecular complexity index is 2130. The maximum absolute atomic E-state index is 6.42. The summed E-state index contributed by atoms with van der Waals surface area (Å²) in [5.41, 5.74) is 7.80. The molecule has 0 spiro atoms. The molecular weight excluding hydrogens is 529 g/mol. The van der Waals surface area contributed by atoms with Crippen LogP contribution in [0.1, 0.15) is 27.7 Å². The summed E-state index contributed by atoms with van der Waals surface area (Å²) in [6.07, 6.45) is 0. The highest BCUT2D eigenvalue weighted by molar-refractivity contribution is 6.62. The van der Waals surface area contributed by atoms with Gasteiger partial charge >= 0.3 is 7.12 Å². The molecule has 0 bridgehead atoms. The SMILES string of the molecule is CC1(C)OB(c2ccc3c4ccccc4n(-c4ccc(-c5nc6ccccc6n5-c5ccccc5)cc4)c3c2)OC1(C)C. The van der Waals surface area contributed by atoms with Crippen LogP contribution in [-0.4, -0.2) is 32.4 Å². The van der Waals surface area contributed by atoms with E-state index < -0.39 is 18.3 Å². The summed E-state index contributed by atoms with van der Waals surface area (Å²) in [4.78, 5) is 5.06. The van der Waals surface area contributed by atoms with E-state index in [4.69, 9.17) is 14.3 Å². The molecule has 5 aromatic carbocycles. The Morgan fingerprint density at radius 1 is 0.558 bits per heavy atom. The zero-order chi connectivity index (χ0) is 29.3. The molecule has 0 unspecified atom stereocenters. The molecule has 0 amide bonds. The van der Waals surface area contributed by atoms with E-state index in [-0.39, 0.29) is 0 Å². The molecule has 8 rings (SSSR count). The summed E-state index contributed by atoms with van der Waals surface area (Å²) < 4.78 is 17.4. The molecule has 7 aromatic rings. The highest BCUT2D eigenvalue weighted by Gasteiger charge is 2.51. The van der Waals surface area contributed by atoms with E-state index in [1.165, 1.54) is 10.8 Å². The van der Waals surface area contributed by atoms with Gasteiger partial charge in [-0.25, -0.2) is 4.98 Å². The number of hydrogen-bond donors (Lipinski definition) is 0. The number of imidazole rings is 1. The molecule has 3 heterocycles. The van der Waals surface area contributed by atoms with Crippen molar-refractivity contribution >= 4 is 45.4 Å². The second kappa shape index (κ2) is 9.43. The van der Waals surface area contributed by atoms with Crippen LogP contribution >= 0.6 is 0 Å². The zero-order valence-electron chi connectivity index (χ0n) is 24.8. The number of hydrogen-bond acceptors (Lipinski definition) is 3. The highest BCUT2D eigenvalue weighted by Crippen LogP contribution is 2.38. The van der Waals surface area contributed by atoms with E-state index in [1.807, 2.05) is 12.1 Å². The third-order valence-electron chi connectivity index (χ3n) is 9.18. The van der Waals surface area contributed by atoms with Gasteiger partial charge in [0.15, 0.2) is 0 Å². The Hall–Kier alpha value is -4.65. The van der Waals surface area contributed by atoms with Crippen molar-refractivity contribution < 1.29 is 9.31 Å². The van der Waals surface area contributed by atoms with Gasteiger partial charge in [-0.15, -0.1) is 0 Å². The van der Waals surface area contributed by atoms with Crippen LogP contribution in [-0.2, 0) is 9.31 Å². The zero-order valence-corrected chi connectivity index (χ0v) is 24.8. The van der Waals surface area contributed by atoms with Crippen LogP contribution in [0, 0.1) is 0 Å². The topological polar surface area (TPSA) is 41.2 Å². The Balaban J connectivity index is 1.26. The van der Waals surface area contributed by atoms with Gasteiger partial charge < -0.3 is 13.9 Å². The van der Waals surface area contributed by atoms with E-state index in [0.29, 0.717) is 0 Å². The third-order valence-corrected chi connectivity index (χ3v) is 9.18. The minimum atomic E-state index is -0.422. The van der Waals surface area contributed by atoms with Crippen molar-refractivity contribution in [2.45, 2.75) is 38.9 Å². The van der Waals surface area contributed by atoms with Crippen molar-refractivity contribution in [1.82, 2.24) is 14.1 Å². The minimum absolute atomic E-state index is 0.397. The van der Waals surface area contributed by atoms with Crippen LogP contribution in [0.3, 0.4) is 0 Å². The second-order valence-corrected chi connectivity index (χ2v) is 12.4. The average molecular weight is 561 g/mol. The normalized spacial score (nSPS) is 16.0. The monoisotopic (exact) mass is 561 g/mol. The van der Waals surface area contributed by atoms with Gasteiger partial charge in [0.2, 0.25) is 0 Å². The number of para-hydroxylation sites is 4. The van der Waals surface area contributed by atoms with Gasteiger partial charge in [-0.1, -0.05) is 60.7 Å². The fraction of sp³-hybridized carbons (Fsp3) is 0.162. The summed E-state index contributed by atoms with van der Waals surface area (Å²) in [5, 5.41) is 2.42. The first-order valence-corrected chi connectivity index (χ1v) is 14.8. The fourth-order valence-electron chi connectivity index (χ4n) is 6.21. The molecule has 1 aliphatic rings. The maximum Gasteiger partial charge on any atom is 0.494 e. The molecule has 0 atom stereocenters. The lowest BCUT2D eigenvalue weighted by atomic mass is 9.79. The van der Waals surface area contributed by atoms with Crippen LogP contribution < -0.4 is 5.46 Å². The van der Waals surface area contributed by atoms with Crippen LogP contribution in [0.5, 0.6) is 0 Å². The Morgan fingerprint density at radius 3 is 1.91 bits per heavy atom. The number of nitrogens with zero attached hydrogens (tertiary/aromatic N) is 3. The molecule has 0 N–H and O–H groups in total. The van der Waals surface area contributed by atoms with Gasteiger partial charge in [0.25, 0.3) is 0 Å². The smallest absolute Gasteiger partial charge is 0.399 e. The molecule has 1 fully saturated rings. The van der Waals surface area contributed by atoms with E-state index in [9.17, 15) is 0 Å². The summed E-state index contributed by atoms with van der Waals surface area (Å²) in [6, 6.07) is 42.6. The molecule has 0 aliphatic carbocycles. The molecule has 43 heavy (non-hydrogen) atoms. The summed E-state index contributed by atoms with van der Waals surface area (Å²) in [5.74, 6) is 0.921. The third kappa shape index (κ3) is 4.05. The van der Waals surface area contributed by atoms with E-state index in [1.54, 1.807) is 0 Å². The lowest BCUT2D eigenvalue weighted by molar-refractivity contribution is 0.00578. The number of rotatable bonds is 4. The largest absolute Gasteiger partial charge is 0.494 e. The first kappa shape index (κ1) is 26.0. The van der Waals surface area contributed by atoms with Gasteiger partial charge in [-0.3, -0.25) is 4.57 Å². The van der Waals surface area contributed by atoms with E-state index in [0.717, 1.165) is 50.3 Å². The molecule has 0 saturated carbocycles. The van der Waals surface area contributed by atoms with Gasteiger partial charge in [-0.2, -0.15) is 0 Å². The predicted octanol–water partition coefficient (Wildman–Crippen LogP) is 8.09. The van der Waals surface area contributed by atoms with Crippen molar-refractivity contribution in [3.8, 4) is 22.8 Å². The van der Waals surface area contributed by atoms with Gasteiger partial charge in [0.1, 0.15) is 5.82 Å². The lowest BCUT2D eigenvalue weighted by Crippen LogP contribution is -2.41. The summed E-state index contributed by atoms with van der Waals surface area (Å²) >= 11 is 0. The predicted molar refractivity (Wildman–Crippen MR) is 177 cm³/mol. The fourth-order valence-corrected chi connectivity index (χ4v) is 6.21. The van der Waals surface area contributed by atoms with Crippen molar-refractivity contribution in [3.05, 3.63) is 121 Å². The Kier molecular flexibility index (Phi) is 5.71. The Morgan fingerprint density at radius 2 is 1.16 bits per heavy atom. The van der Waals surface area contributed by atoms with Gasteiger partial charge in [-0.05, 0) is 93.8 Å². The van der Waals surface area contributed by atoms with Crippen molar-refractivity contribution in [2.24, 2.45) is 0 Å². The standard InChI is InChI=1S/C37H32BN3O2/c1-36(2)37(3,4)43-38(42-36)26-20-23-30-29-14-8-10-16-32(29)40(34(30)24-26)28-21-18-25(19-22-28)35-39-31-15-9-11-17-33(31)41(35)27-12-6-5-7-13-27/h5-24H,1-4H3. The van der Waals surface area contributed by atoms with Crippen LogP contribution in [0.15, 0.2) is 121 Å². The number of benzene rings is 5. The number of aromatic nitrogens is 3. The molecule has 210 valence electrons. The van der Waals surface area contributed by atoms with Crippen molar-refractivity contribution in [1.29, 1.82) is 0 Å². The Labute approximate surface area is 251 Å². The van der Waals surface area contributed by atoms with E-state index in [2.05, 4.69) is 146 Å². The van der Waals surface area contributed by atoms with Crippen molar-refractivity contribution in [2.75, 3.05) is 0 Å². The molecule has 1 aliphatic heterocycles. The van der Waals surface area contributed by atoms with Crippen LogP contribution in [0.25, 0.3) is 55.6 Å². The molecule has 1 saturated heterocycles.